The van der Waals surface area contributed by atoms with E-state index in [1.165, 1.54) is 23.0 Å². The molecule has 6 rings (SSSR count). The molecule has 0 bridgehead atoms. The van der Waals surface area contributed by atoms with Crippen LogP contribution in [-0.4, -0.2) is 25.1 Å². The number of hydrogen-bond donors (Lipinski definition) is 2. The van der Waals surface area contributed by atoms with Gasteiger partial charge < -0.3 is 11.1 Å². The number of nitrogens with two attached hydrogens (primary N) is 1. The maximum absolute atomic E-state index is 15.6. The third-order valence-electron chi connectivity index (χ3n) is 7.79. The normalized spacial score (nSPS) is 17.1. The van der Waals surface area contributed by atoms with Crippen LogP contribution in [0.15, 0.2) is 84.0 Å². The van der Waals surface area contributed by atoms with Crippen molar-refractivity contribution in [3.63, 3.8) is 0 Å². The van der Waals surface area contributed by atoms with Crippen LogP contribution in [0.2, 0.25) is 0 Å². The third kappa shape index (κ3) is 4.64. The summed E-state index contributed by atoms with van der Waals surface area (Å²) in [7, 11) is 0. The van der Waals surface area contributed by atoms with Crippen molar-refractivity contribution in [2.45, 2.75) is 38.5 Å². The Bertz CT molecular complexity index is 1770. The predicted molar refractivity (Wildman–Crippen MR) is 153 cm³/mol. The summed E-state index contributed by atoms with van der Waals surface area (Å²) in [5, 5.41) is 7.11. The number of pyridine rings is 1. The molecule has 0 saturated heterocycles. The summed E-state index contributed by atoms with van der Waals surface area (Å²) in [5.74, 6) is 0.115. The van der Waals surface area contributed by atoms with Gasteiger partial charge in [0.05, 0.1) is 0 Å². The molecule has 1 saturated carbocycles. The van der Waals surface area contributed by atoms with Crippen LogP contribution in [0, 0.1) is 11.7 Å². The number of nitrogen functional groups attached to an aromatic ring is 1. The van der Waals surface area contributed by atoms with Gasteiger partial charge in [0.1, 0.15) is 23.2 Å². The second-order valence-corrected chi connectivity index (χ2v) is 10.4. The van der Waals surface area contributed by atoms with Crippen LogP contribution >= 0.6 is 0 Å². The zero-order valence-electron chi connectivity index (χ0n) is 22.0. The number of carbonyl (C=O) groups excluding carboxylic acids is 1. The molecule has 202 valence electrons. The molecule has 3 N–H and O–H groups in total. The Kier molecular flexibility index (Phi) is 6.63. The van der Waals surface area contributed by atoms with Crippen LogP contribution in [-0.2, 0) is 0 Å². The molecule has 2 aromatic carbocycles. The summed E-state index contributed by atoms with van der Waals surface area (Å²) in [6.07, 6.45) is 7.36. The fourth-order valence-electron chi connectivity index (χ4n) is 5.61. The first-order valence-corrected chi connectivity index (χ1v) is 13.4. The first kappa shape index (κ1) is 25.5. The minimum atomic E-state index is -0.622. The maximum atomic E-state index is 15.6. The highest BCUT2D eigenvalue weighted by atomic mass is 19.1. The van der Waals surface area contributed by atoms with Crippen molar-refractivity contribution in [1.29, 1.82) is 0 Å². The quantitative estimate of drug-likeness (QED) is 0.295. The molecular formula is C31H29FN6O2. The molecule has 3 aromatic heterocycles. The highest BCUT2D eigenvalue weighted by Crippen LogP contribution is 2.40. The summed E-state index contributed by atoms with van der Waals surface area (Å²) in [4.78, 5) is 30.2. The number of halogens is 1. The maximum Gasteiger partial charge on any atom is 0.267 e. The zero-order chi connectivity index (χ0) is 27.8. The molecule has 9 heteroatoms. The van der Waals surface area contributed by atoms with Crippen LogP contribution in [0.25, 0.3) is 22.3 Å². The molecule has 0 radical (unpaired) electrons. The first-order chi connectivity index (χ1) is 19.4. The van der Waals surface area contributed by atoms with Crippen LogP contribution in [0.4, 0.5) is 15.9 Å². The smallest absolute Gasteiger partial charge is 0.267 e. The van der Waals surface area contributed by atoms with Gasteiger partial charge in [-0.15, -0.1) is 0 Å². The minimum Gasteiger partial charge on any atom is -0.382 e. The van der Waals surface area contributed by atoms with E-state index in [1.807, 2.05) is 24.3 Å². The number of anilines is 2. The SMILES string of the molecule is C[C@H]1CC[C@H](c2cc(-c3ccc(NC(=O)c4cccn(-c5ccccc5)c4=O)cc3F)c3c(N)ncnn32)CC1. The van der Waals surface area contributed by atoms with Crippen LogP contribution < -0.4 is 16.6 Å². The van der Waals surface area contributed by atoms with E-state index in [0.717, 1.165) is 31.4 Å². The van der Waals surface area contributed by atoms with E-state index >= 15 is 4.39 Å². The molecule has 1 aliphatic rings. The highest BCUT2D eigenvalue weighted by molar-refractivity contribution is 6.04. The fourth-order valence-corrected chi connectivity index (χ4v) is 5.61. The Morgan fingerprint density at radius 2 is 1.77 bits per heavy atom. The standard InChI is InChI=1S/C31H29FN6O2/c1-19-9-11-20(12-10-19)27-17-25(28-29(33)34-18-35-38(27)28)23-14-13-21(16-26(23)32)36-30(39)24-8-5-15-37(31(24)40)22-6-3-2-4-7-22/h2-8,13-20H,9-12H2,1H3,(H,36,39)(H2,33,34,35)/t19-,20-. The Balaban J connectivity index is 1.31. The third-order valence-corrected chi connectivity index (χ3v) is 7.79. The fraction of sp³-hybridized carbons (Fsp3) is 0.226. The number of para-hydroxylation sites is 1. The molecule has 5 aromatic rings. The van der Waals surface area contributed by atoms with E-state index < -0.39 is 17.3 Å². The monoisotopic (exact) mass is 536 g/mol. The summed E-state index contributed by atoms with van der Waals surface area (Å²) in [6, 6.07) is 18.5. The lowest BCUT2D eigenvalue weighted by Gasteiger charge is -2.25. The summed E-state index contributed by atoms with van der Waals surface area (Å²) >= 11 is 0. The van der Waals surface area contributed by atoms with E-state index in [0.29, 0.717) is 34.2 Å². The first-order valence-electron chi connectivity index (χ1n) is 13.4. The number of hydrogen-bond acceptors (Lipinski definition) is 5. The van der Waals surface area contributed by atoms with Gasteiger partial charge in [0.15, 0.2) is 5.82 Å². The average molecular weight is 537 g/mol. The minimum absolute atomic E-state index is 0.0503. The molecule has 0 atom stereocenters. The van der Waals surface area contributed by atoms with E-state index in [9.17, 15) is 9.59 Å². The van der Waals surface area contributed by atoms with Gasteiger partial charge in [-0.2, -0.15) is 5.10 Å². The molecule has 1 aliphatic carbocycles. The van der Waals surface area contributed by atoms with Crippen molar-refractivity contribution in [2.24, 2.45) is 5.92 Å². The molecule has 8 nitrogen and oxygen atoms in total. The van der Waals surface area contributed by atoms with Crippen molar-refractivity contribution < 1.29 is 9.18 Å². The average Bonchev–Trinajstić information content (AvgIpc) is 3.35. The Morgan fingerprint density at radius 1 is 1.00 bits per heavy atom. The second kappa shape index (κ2) is 10.4. The Morgan fingerprint density at radius 3 is 2.52 bits per heavy atom. The summed E-state index contributed by atoms with van der Waals surface area (Å²) < 4.78 is 18.8. The van der Waals surface area contributed by atoms with Gasteiger partial charge in [0, 0.05) is 40.3 Å². The molecule has 3 heterocycles. The lowest BCUT2D eigenvalue weighted by atomic mass is 9.81. The van der Waals surface area contributed by atoms with Gasteiger partial charge >= 0.3 is 0 Å². The summed E-state index contributed by atoms with van der Waals surface area (Å²) in [6.45, 7) is 2.27. The number of aromatic nitrogens is 4. The summed E-state index contributed by atoms with van der Waals surface area (Å²) in [5.41, 5.74) is 9.12. The van der Waals surface area contributed by atoms with Crippen molar-refractivity contribution in [2.75, 3.05) is 11.1 Å². The number of carbonyl (C=O) groups is 1. The Hall–Kier alpha value is -4.79. The largest absolute Gasteiger partial charge is 0.382 e. The van der Waals surface area contributed by atoms with Crippen molar-refractivity contribution in [3.05, 3.63) is 107 Å². The second-order valence-electron chi connectivity index (χ2n) is 10.4. The van der Waals surface area contributed by atoms with Crippen molar-refractivity contribution >= 4 is 22.9 Å². The zero-order valence-corrected chi connectivity index (χ0v) is 22.0. The topological polar surface area (TPSA) is 107 Å². The van der Waals surface area contributed by atoms with Gasteiger partial charge in [-0.1, -0.05) is 38.0 Å². The lowest BCUT2D eigenvalue weighted by Crippen LogP contribution is -2.27. The molecule has 0 aliphatic heterocycles. The van der Waals surface area contributed by atoms with Crippen LogP contribution in [0.5, 0.6) is 0 Å². The van der Waals surface area contributed by atoms with Gasteiger partial charge in [-0.25, -0.2) is 13.9 Å². The van der Waals surface area contributed by atoms with Gasteiger partial charge in [-0.3, -0.25) is 14.2 Å². The highest BCUT2D eigenvalue weighted by Gasteiger charge is 2.26. The molecule has 0 spiro atoms. The predicted octanol–water partition coefficient (Wildman–Crippen LogP) is 5.81. The van der Waals surface area contributed by atoms with Gasteiger partial charge in [-0.05, 0) is 67.3 Å². The lowest BCUT2D eigenvalue weighted by molar-refractivity contribution is 0.102. The number of nitrogens with zero attached hydrogens (tertiary/aromatic N) is 4. The van der Waals surface area contributed by atoms with E-state index in [4.69, 9.17) is 5.73 Å². The number of amides is 1. The van der Waals surface area contributed by atoms with Crippen molar-refractivity contribution in [1.82, 2.24) is 19.2 Å². The number of fused-ring (bicyclic) bond motifs is 1. The number of benzene rings is 2. The molecular weight excluding hydrogens is 507 g/mol. The van der Waals surface area contributed by atoms with Gasteiger partial charge in [0.2, 0.25) is 0 Å². The van der Waals surface area contributed by atoms with Crippen molar-refractivity contribution in [3.8, 4) is 16.8 Å². The molecule has 1 fully saturated rings. The number of rotatable bonds is 5. The molecule has 0 unspecified atom stereocenters. The van der Waals surface area contributed by atoms with Crippen LogP contribution in [0.1, 0.15) is 54.6 Å². The van der Waals surface area contributed by atoms with E-state index in [2.05, 4.69) is 22.3 Å². The van der Waals surface area contributed by atoms with E-state index in [1.54, 1.807) is 41.0 Å². The Labute approximate surface area is 230 Å². The van der Waals surface area contributed by atoms with Crippen LogP contribution in [0.3, 0.4) is 0 Å². The molecule has 1 amide bonds. The molecule has 40 heavy (non-hydrogen) atoms. The van der Waals surface area contributed by atoms with E-state index in [-0.39, 0.29) is 17.1 Å². The number of nitrogens with one attached hydrogen (secondary N) is 1. The van der Waals surface area contributed by atoms with Gasteiger partial charge in [0.25, 0.3) is 11.5 Å².